The van der Waals surface area contributed by atoms with Gasteiger partial charge in [0.2, 0.25) is 0 Å². The van der Waals surface area contributed by atoms with Crippen LogP contribution in [0.2, 0.25) is 0 Å². The maximum absolute atomic E-state index is 12.3. The van der Waals surface area contributed by atoms with Gasteiger partial charge in [0.05, 0.1) is 0 Å². The number of amides is 2. The van der Waals surface area contributed by atoms with E-state index in [9.17, 15) is 14.7 Å². The van der Waals surface area contributed by atoms with Crippen LogP contribution in [0.3, 0.4) is 0 Å². The Morgan fingerprint density at radius 1 is 1.45 bits per heavy atom. The highest BCUT2D eigenvalue weighted by molar-refractivity contribution is 6.01. The van der Waals surface area contributed by atoms with Gasteiger partial charge in [0.25, 0.3) is 0 Å². The predicted molar refractivity (Wildman–Crippen MR) is 76.9 cm³/mol. The molecule has 2 rings (SSSR count). The Kier molecular flexibility index (Phi) is 4.27. The Balaban J connectivity index is 2.18. The van der Waals surface area contributed by atoms with E-state index in [4.69, 9.17) is 0 Å². The first-order valence-electron chi connectivity index (χ1n) is 6.92. The summed E-state index contributed by atoms with van der Waals surface area (Å²) in [6.45, 7) is 4.66. The fourth-order valence-corrected chi connectivity index (χ4v) is 2.33. The summed E-state index contributed by atoms with van der Waals surface area (Å²) in [5.74, 6) is -0.597. The second kappa shape index (κ2) is 5.94. The van der Waals surface area contributed by atoms with Crippen LogP contribution in [-0.2, 0) is 11.2 Å². The Morgan fingerprint density at radius 3 is 2.80 bits per heavy atom. The molecule has 5 nitrogen and oxygen atoms in total. The molecular weight excluding hydrogens is 256 g/mol. The first kappa shape index (κ1) is 14.4. The highest BCUT2D eigenvalue weighted by atomic mass is 16.4. The number of carbonyl (C=O) groups excluding carboxylic acids is 1. The van der Waals surface area contributed by atoms with Gasteiger partial charge in [-0.15, -0.1) is 0 Å². The molecule has 0 saturated heterocycles. The smallest absolute Gasteiger partial charge is 0.327 e. The molecule has 1 aliphatic rings. The van der Waals surface area contributed by atoms with Crippen LogP contribution < -0.4 is 10.2 Å². The van der Waals surface area contributed by atoms with E-state index < -0.39 is 12.0 Å². The Morgan fingerprint density at radius 2 is 2.15 bits per heavy atom. The predicted octanol–water partition coefficient (Wildman–Crippen LogP) is 2.26. The highest BCUT2D eigenvalue weighted by Gasteiger charge is 2.38. The van der Waals surface area contributed by atoms with Crippen molar-refractivity contribution in [1.29, 1.82) is 0 Å². The van der Waals surface area contributed by atoms with Crippen molar-refractivity contribution in [2.45, 2.75) is 32.7 Å². The second-order valence-electron chi connectivity index (χ2n) is 5.26. The lowest BCUT2D eigenvalue weighted by atomic mass is 10.1. The number of benzene rings is 1. The molecular formula is C15H20N2O3. The molecule has 0 fully saturated rings. The van der Waals surface area contributed by atoms with Crippen molar-refractivity contribution in [1.82, 2.24) is 5.32 Å². The number of carbonyl (C=O) groups is 2. The lowest BCUT2D eigenvalue weighted by Gasteiger charge is -2.23. The lowest BCUT2D eigenvalue weighted by molar-refractivity contribution is -0.138. The van der Waals surface area contributed by atoms with Crippen molar-refractivity contribution in [3.8, 4) is 0 Å². The molecule has 2 unspecified atom stereocenters. The van der Waals surface area contributed by atoms with Crippen LogP contribution in [0.25, 0.3) is 0 Å². The first-order valence-corrected chi connectivity index (χ1v) is 6.92. The van der Waals surface area contributed by atoms with Crippen LogP contribution in [0, 0.1) is 5.92 Å². The van der Waals surface area contributed by atoms with E-state index in [-0.39, 0.29) is 6.03 Å². The molecule has 5 heteroatoms. The zero-order valence-electron chi connectivity index (χ0n) is 11.8. The number of hydrogen-bond donors (Lipinski definition) is 2. The van der Waals surface area contributed by atoms with Gasteiger partial charge >= 0.3 is 12.0 Å². The molecule has 0 bridgehead atoms. The van der Waals surface area contributed by atoms with Crippen LogP contribution >= 0.6 is 0 Å². The number of nitrogens with one attached hydrogen (secondary N) is 1. The number of para-hydroxylation sites is 1. The highest BCUT2D eigenvalue weighted by Crippen LogP contribution is 2.32. The van der Waals surface area contributed by atoms with Gasteiger partial charge in [0.15, 0.2) is 0 Å². The normalized spacial score (nSPS) is 18.5. The number of carboxylic acids is 1. The molecule has 1 heterocycles. The average Bonchev–Trinajstić information content (AvgIpc) is 2.84. The Bertz CT molecular complexity index is 516. The maximum atomic E-state index is 12.3. The van der Waals surface area contributed by atoms with E-state index >= 15 is 0 Å². The lowest BCUT2D eigenvalue weighted by Crippen LogP contribution is -2.48. The average molecular weight is 276 g/mol. The SMILES string of the molecule is CCC(C)CNC(=O)N1c2ccccc2CC1C(=O)O. The molecule has 1 aliphatic heterocycles. The summed E-state index contributed by atoms with van der Waals surface area (Å²) in [6.07, 6.45) is 1.33. The van der Waals surface area contributed by atoms with Gasteiger partial charge in [-0.1, -0.05) is 38.5 Å². The summed E-state index contributed by atoms with van der Waals surface area (Å²) in [7, 11) is 0. The molecule has 0 saturated carbocycles. The first-order chi connectivity index (χ1) is 9.54. The van der Waals surface area contributed by atoms with Gasteiger partial charge in [-0.2, -0.15) is 0 Å². The number of anilines is 1. The van der Waals surface area contributed by atoms with Crippen molar-refractivity contribution in [2.75, 3.05) is 11.4 Å². The van der Waals surface area contributed by atoms with Crippen molar-refractivity contribution < 1.29 is 14.7 Å². The van der Waals surface area contributed by atoms with Gasteiger partial charge < -0.3 is 10.4 Å². The molecule has 1 aromatic rings. The summed E-state index contributed by atoms with van der Waals surface area (Å²) in [5, 5.41) is 12.1. The van der Waals surface area contributed by atoms with Crippen LogP contribution in [0.1, 0.15) is 25.8 Å². The quantitative estimate of drug-likeness (QED) is 0.886. The van der Waals surface area contributed by atoms with Gasteiger partial charge in [0, 0.05) is 18.7 Å². The molecule has 0 radical (unpaired) electrons. The molecule has 2 N–H and O–H groups in total. The number of urea groups is 1. The number of aliphatic carboxylic acids is 1. The number of nitrogens with zero attached hydrogens (tertiary/aromatic N) is 1. The Hall–Kier alpha value is -2.04. The number of rotatable bonds is 4. The topological polar surface area (TPSA) is 69.6 Å². The van der Waals surface area contributed by atoms with E-state index in [1.165, 1.54) is 4.90 Å². The Labute approximate surface area is 118 Å². The van der Waals surface area contributed by atoms with E-state index in [1.807, 2.05) is 25.1 Å². The summed E-state index contributed by atoms with van der Waals surface area (Å²) in [6, 6.07) is 6.19. The second-order valence-corrected chi connectivity index (χ2v) is 5.26. The van der Waals surface area contributed by atoms with E-state index in [2.05, 4.69) is 12.2 Å². The minimum atomic E-state index is -0.972. The molecule has 0 spiro atoms. The standard InChI is InChI=1S/C15H20N2O3/c1-3-10(2)9-16-15(20)17-12-7-5-4-6-11(12)8-13(17)14(18)19/h4-7,10,13H,3,8-9H2,1-2H3,(H,16,20)(H,18,19). The molecule has 0 aromatic heterocycles. The van der Waals surface area contributed by atoms with Gasteiger partial charge in [-0.05, 0) is 17.5 Å². The summed E-state index contributed by atoms with van der Waals surface area (Å²) < 4.78 is 0. The van der Waals surface area contributed by atoms with Gasteiger partial charge in [0.1, 0.15) is 6.04 Å². The molecule has 2 amide bonds. The monoisotopic (exact) mass is 276 g/mol. The van der Waals surface area contributed by atoms with E-state index in [0.29, 0.717) is 24.6 Å². The fourth-order valence-electron chi connectivity index (χ4n) is 2.33. The molecule has 2 atom stereocenters. The number of carboxylic acid groups (broad SMARTS) is 1. The van der Waals surface area contributed by atoms with Crippen LogP contribution in [0.15, 0.2) is 24.3 Å². The summed E-state index contributed by atoms with van der Waals surface area (Å²) in [5.41, 5.74) is 1.60. The summed E-state index contributed by atoms with van der Waals surface area (Å²) >= 11 is 0. The van der Waals surface area contributed by atoms with Crippen molar-refractivity contribution >= 4 is 17.7 Å². The molecule has 0 aliphatic carbocycles. The number of fused-ring (bicyclic) bond motifs is 1. The minimum Gasteiger partial charge on any atom is -0.480 e. The van der Waals surface area contributed by atoms with Crippen molar-refractivity contribution in [3.63, 3.8) is 0 Å². The molecule has 108 valence electrons. The zero-order chi connectivity index (χ0) is 14.7. The maximum Gasteiger partial charge on any atom is 0.327 e. The third kappa shape index (κ3) is 2.76. The van der Waals surface area contributed by atoms with E-state index in [1.54, 1.807) is 6.07 Å². The minimum absolute atomic E-state index is 0.331. The van der Waals surface area contributed by atoms with Crippen LogP contribution in [0.5, 0.6) is 0 Å². The third-order valence-electron chi connectivity index (χ3n) is 3.78. The van der Waals surface area contributed by atoms with Gasteiger partial charge in [-0.3, -0.25) is 4.90 Å². The number of hydrogen-bond acceptors (Lipinski definition) is 2. The summed E-state index contributed by atoms with van der Waals surface area (Å²) in [4.78, 5) is 25.0. The molecule has 20 heavy (non-hydrogen) atoms. The van der Waals surface area contributed by atoms with Crippen molar-refractivity contribution in [3.05, 3.63) is 29.8 Å². The van der Waals surface area contributed by atoms with E-state index in [0.717, 1.165) is 12.0 Å². The molecule has 1 aromatic carbocycles. The fraction of sp³-hybridized carbons (Fsp3) is 0.467. The van der Waals surface area contributed by atoms with Crippen LogP contribution in [0.4, 0.5) is 10.5 Å². The van der Waals surface area contributed by atoms with Crippen molar-refractivity contribution in [2.24, 2.45) is 5.92 Å². The zero-order valence-corrected chi connectivity index (χ0v) is 11.8. The third-order valence-corrected chi connectivity index (χ3v) is 3.78. The van der Waals surface area contributed by atoms with Gasteiger partial charge in [-0.25, -0.2) is 9.59 Å². The van der Waals surface area contributed by atoms with Crippen LogP contribution in [-0.4, -0.2) is 29.7 Å². The largest absolute Gasteiger partial charge is 0.480 e.